The smallest absolute Gasteiger partial charge is 0.160 e. The summed E-state index contributed by atoms with van der Waals surface area (Å²) >= 11 is 1.70. The van der Waals surface area contributed by atoms with E-state index in [1.54, 1.807) is 11.3 Å². The molecule has 0 aliphatic heterocycles. The zero-order chi connectivity index (χ0) is 13.8. The number of thiophene rings is 1. The number of aryl methyl sites for hydroxylation is 2. The van der Waals surface area contributed by atoms with Crippen LogP contribution in [0.2, 0.25) is 0 Å². The molecule has 0 saturated heterocycles. The van der Waals surface area contributed by atoms with E-state index in [9.17, 15) is 0 Å². The number of nitrogens with one attached hydrogen (secondary N) is 1. The van der Waals surface area contributed by atoms with Gasteiger partial charge in [-0.25, -0.2) is 9.97 Å². The molecule has 1 atom stereocenters. The molecule has 0 aliphatic rings. The second-order valence-corrected chi connectivity index (χ2v) is 5.62. The standard InChI is InChI=1S/C15H21N3S/c1-5-6-16-11(3)13-7-17-15(18-12(13)4)14-9-19-8-10(14)2/h7-9,11,16H,5-6H2,1-4H3. The van der Waals surface area contributed by atoms with Gasteiger partial charge in [0.2, 0.25) is 0 Å². The predicted octanol–water partition coefficient (Wildman–Crippen LogP) is 3.88. The van der Waals surface area contributed by atoms with Crippen LogP contribution in [0.25, 0.3) is 11.4 Å². The number of hydrogen-bond acceptors (Lipinski definition) is 4. The van der Waals surface area contributed by atoms with Gasteiger partial charge in [0.1, 0.15) is 0 Å². The highest BCUT2D eigenvalue weighted by Gasteiger charge is 2.12. The van der Waals surface area contributed by atoms with Crippen molar-refractivity contribution in [2.45, 2.75) is 40.2 Å². The lowest BCUT2D eigenvalue weighted by Gasteiger charge is -2.15. The van der Waals surface area contributed by atoms with Crippen molar-refractivity contribution in [1.29, 1.82) is 0 Å². The summed E-state index contributed by atoms with van der Waals surface area (Å²) in [6, 6.07) is 0.303. The van der Waals surface area contributed by atoms with E-state index in [0.717, 1.165) is 30.0 Å². The maximum absolute atomic E-state index is 4.66. The van der Waals surface area contributed by atoms with E-state index >= 15 is 0 Å². The maximum Gasteiger partial charge on any atom is 0.160 e. The van der Waals surface area contributed by atoms with E-state index in [0.29, 0.717) is 6.04 Å². The third-order valence-electron chi connectivity index (χ3n) is 3.28. The van der Waals surface area contributed by atoms with Gasteiger partial charge in [-0.2, -0.15) is 11.3 Å². The Morgan fingerprint density at radius 2 is 2.11 bits per heavy atom. The van der Waals surface area contributed by atoms with Crippen LogP contribution in [0.1, 0.15) is 43.1 Å². The molecule has 19 heavy (non-hydrogen) atoms. The Labute approximate surface area is 119 Å². The summed E-state index contributed by atoms with van der Waals surface area (Å²) in [5.41, 5.74) is 4.64. The van der Waals surface area contributed by atoms with Crippen LogP contribution < -0.4 is 5.32 Å². The summed E-state index contributed by atoms with van der Waals surface area (Å²) < 4.78 is 0. The van der Waals surface area contributed by atoms with E-state index in [1.165, 1.54) is 11.1 Å². The van der Waals surface area contributed by atoms with Gasteiger partial charge in [0, 0.05) is 34.4 Å². The first-order valence-corrected chi connectivity index (χ1v) is 7.67. The van der Waals surface area contributed by atoms with Gasteiger partial charge in [-0.05, 0) is 44.7 Å². The van der Waals surface area contributed by atoms with Gasteiger partial charge in [-0.1, -0.05) is 6.92 Å². The van der Waals surface area contributed by atoms with Crippen molar-refractivity contribution in [2.75, 3.05) is 6.54 Å². The average molecular weight is 275 g/mol. The number of aromatic nitrogens is 2. The zero-order valence-electron chi connectivity index (χ0n) is 12.0. The first-order chi connectivity index (χ1) is 9.13. The molecular formula is C15H21N3S. The van der Waals surface area contributed by atoms with Gasteiger partial charge >= 0.3 is 0 Å². The van der Waals surface area contributed by atoms with Crippen molar-refractivity contribution >= 4 is 11.3 Å². The lowest BCUT2D eigenvalue weighted by molar-refractivity contribution is 0.564. The molecule has 3 nitrogen and oxygen atoms in total. The van der Waals surface area contributed by atoms with Gasteiger partial charge < -0.3 is 5.32 Å². The lowest BCUT2D eigenvalue weighted by Crippen LogP contribution is -2.20. The molecule has 0 saturated carbocycles. The van der Waals surface area contributed by atoms with Gasteiger partial charge in [0.05, 0.1) is 0 Å². The number of nitrogens with zero attached hydrogens (tertiary/aromatic N) is 2. The fourth-order valence-electron chi connectivity index (χ4n) is 2.09. The van der Waals surface area contributed by atoms with Crippen molar-refractivity contribution in [3.8, 4) is 11.4 Å². The van der Waals surface area contributed by atoms with Gasteiger partial charge in [0.25, 0.3) is 0 Å². The molecule has 0 bridgehead atoms. The van der Waals surface area contributed by atoms with Crippen LogP contribution in [0.15, 0.2) is 17.0 Å². The van der Waals surface area contributed by atoms with Crippen LogP contribution >= 0.6 is 11.3 Å². The molecule has 102 valence electrons. The number of hydrogen-bond donors (Lipinski definition) is 1. The van der Waals surface area contributed by atoms with Gasteiger partial charge in [0.15, 0.2) is 5.82 Å². The molecule has 4 heteroatoms. The van der Waals surface area contributed by atoms with Crippen LogP contribution in [-0.4, -0.2) is 16.5 Å². The maximum atomic E-state index is 4.66. The highest BCUT2D eigenvalue weighted by Crippen LogP contribution is 2.25. The van der Waals surface area contributed by atoms with Crippen molar-refractivity contribution in [1.82, 2.24) is 15.3 Å². The van der Waals surface area contributed by atoms with Crippen molar-refractivity contribution < 1.29 is 0 Å². The zero-order valence-corrected chi connectivity index (χ0v) is 12.8. The highest BCUT2D eigenvalue weighted by molar-refractivity contribution is 7.08. The molecule has 0 amide bonds. The summed E-state index contributed by atoms with van der Waals surface area (Å²) in [4.78, 5) is 9.19. The van der Waals surface area contributed by atoms with E-state index in [1.807, 2.05) is 6.20 Å². The Bertz CT molecular complexity index is 548. The Kier molecular flexibility index (Phi) is 4.66. The Morgan fingerprint density at radius 3 is 2.68 bits per heavy atom. The first-order valence-electron chi connectivity index (χ1n) is 6.73. The molecule has 2 rings (SSSR count). The van der Waals surface area contributed by atoms with Crippen molar-refractivity contribution in [3.05, 3.63) is 33.8 Å². The van der Waals surface area contributed by atoms with Crippen LogP contribution in [0.3, 0.4) is 0 Å². The predicted molar refractivity (Wildman–Crippen MR) is 81.5 cm³/mol. The minimum absolute atomic E-state index is 0.303. The summed E-state index contributed by atoms with van der Waals surface area (Å²) in [5.74, 6) is 0.836. The molecule has 2 aromatic rings. The molecule has 0 spiro atoms. The van der Waals surface area contributed by atoms with Crippen molar-refractivity contribution in [2.24, 2.45) is 0 Å². The quantitative estimate of drug-likeness (QED) is 0.899. The number of rotatable bonds is 5. The summed E-state index contributed by atoms with van der Waals surface area (Å²) in [7, 11) is 0. The van der Waals surface area contributed by atoms with E-state index < -0.39 is 0 Å². The topological polar surface area (TPSA) is 37.8 Å². The van der Waals surface area contributed by atoms with Crippen LogP contribution in [0, 0.1) is 13.8 Å². The average Bonchev–Trinajstić information content (AvgIpc) is 2.82. The van der Waals surface area contributed by atoms with Gasteiger partial charge in [-0.15, -0.1) is 0 Å². The Hall–Kier alpha value is -1.26. The third kappa shape index (κ3) is 3.19. The van der Waals surface area contributed by atoms with E-state index in [4.69, 9.17) is 0 Å². The van der Waals surface area contributed by atoms with Crippen molar-refractivity contribution in [3.63, 3.8) is 0 Å². The molecule has 1 N–H and O–H groups in total. The summed E-state index contributed by atoms with van der Waals surface area (Å²) in [6.07, 6.45) is 3.10. The fraction of sp³-hybridized carbons (Fsp3) is 0.467. The minimum atomic E-state index is 0.303. The lowest BCUT2D eigenvalue weighted by atomic mass is 10.1. The SMILES string of the molecule is CCCNC(C)c1cnc(-c2cscc2C)nc1C. The monoisotopic (exact) mass is 275 g/mol. The molecule has 0 aliphatic carbocycles. The molecule has 0 aromatic carbocycles. The Morgan fingerprint density at radius 1 is 1.32 bits per heavy atom. The van der Waals surface area contributed by atoms with E-state index in [2.05, 4.69) is 53.7 Å². The fourth-order valence-corrected chi connectivity index (χ4v) is 2.92. The van der Waals surface area contributed by atoms with Gasteiger partial charge in [-0.3, -0.25) is 0 Å². The molecular weight excluding hydrogens is 254 g/mol. The summed E-state index contributed by atoms with van der Waals surface area (Å²) in [6.45, 7) is 9.52. The molecule has 0 radical (unpaired) electrons. The minimum Gasteiger partial charge on any atom is -0.310 e. The molecule has 0 fully saturated rings. The Balaban J connectivity index is 2.25. The largest absolute Gasteiger partial charge is 0.310 e. The molecule has 2 aromatic heterocycles. The second kappa shape index (κ2) is 6.26. The summed E-state index contributed by atoms with van der Waals surface area (Å²) in [5, 5.41) is 7.72. The van der Waals surface area contributed by atoms with Crippen LogP contribution in [-0.2, 0) is 0 Å². The first kappa shape index (κ1) is 14.2. The van der Waals surface area contributed by atoms with E-state index in [-0.39, 0.29) is 0 Å². The third-order valence-corrected chi connectivity index (χ3v) is 4.14. The van der Waals surface area contributed by atoms with Crippen LogP contribution in [0.4, 0.5) is 0 Å². The highest BCUT2D eigenvalue weighted by atomic mass is 32.1. The normalized spacial score (nSPS) is 12.6. The molecule has 1 unspecified atom stereocenters. The molecule has 2 heterocycles. The second-order valence-electron chi connectivity index (χ2n) is 4.88. The van der Waals surface area contributed by atoms with Crippen LogP contribution in [0.5, 0.6) is 0 Å².